The molecule has 2 heterocycles. The van der Waals surface area contributed by atoms with E-state index in [9.17, 15) is 0 Å². The standard InChI is InChI=1S/C17H23N3O/c1-14(16-6-10-21-11-7-16)19-17-5-2-4-15(12-17)13-20-9-3-8-18-20/h2-5,8-9,12,14,16,19H,6-7,10-11,13H2,1H3/t14-/m0/s1. The van der Waals surface area contributed by atoms with Gasteiger partial charge in [0.2, 0.25) is 0 Å². The molecule has 0 unspecified atom stereocenters. The molecule has 4 nitrogen and oxygen atoms in total. The predicted molar refractivity (Wildman–Crippen MR) is 84.4 cm³/mol. The highest BCUT2D eigenvalue weighted by Crippen LogP contribution is 2.22. The summed E-state index contributed by atoms with van der Waals surface area (Å²) in [6.45, 7) is 4.89. The minimum atomic E-state index is 0.480. The van der Waals surface area contributed by atoms with Gasteiger partial charge in [0.1, 0.15) is 0 Å². The van der Waals surface area contributed by atoms with E-state index in [1.807, 2.05) is 23.1 Å². The number of nitrogens with zero attached hydrogens (tertiary/aromatic N) is 2. The van der Waals surface area contributed by atoms with Crippen molar-refractivity contribution < 1.29 is 4.74 Å². The minimum Gasteiger partial charge on any atom is -0.382 e. The highest BCUT2D eigenvalue weighted by atomic mass is 16.5. The van der Waals surface area contributed by atoms with E-state index in [0.29, 0.717) is 12.0 Å². The molecule has 1 aliphatic rings. The zero-order valence-electron chi connectivity index (χ0n) is 12.5. The van der Waals surface area contributed by atoms with Gasteiger partial charge in [-0.25, -0.2) is 0 Å². The van der Waals surface area contributed by atoms with E-state index in [-0.39, 0.29) is 0 Å². The van der Waals surface area contributed by atoms with Crippen molar-refractivity contribution in [2.75, 3.05) is 18.5 Å². The molecule has 0 spiro atoms. The largest absolute Gasteiger partial charge is 0.382 e. The van der Waals surface area contributed by atoms with Gasteiger partial charge < -0.3 is 10.1 Å². The lowest BCUT2D eigenvalue weighted by molar-refractivity contribution is 0.0622. The molecule has 0 amide bonds. The molecule has 1 saturated heterocycles. The van der Waals surface area contributed by atoms with E-state index >= 15 is 0 Å². The topological polar surface area (TPSA) is 39.1 Å². The van der Waals surface area contributed by atoms with Crippen molar-refractivity contribution in [2.24, 2.45) is 5.92 Å². The van der Waals surface area contributed by atoms with Gasteiger partial charge >= 0.3 is 0 Å². The van der Waals surface area contributed by atoms with Crippen LogP contribution in [0.2, 0.25) is 0 Å². The van der Waals surface area contributed by atoms with E-state index in [1.165, 1.54) is 11.3 Å². The zero-order valence-corrected chi connectivity index (χ0v) is 12.5. The molecule has 3 rings (SSSR count). The highest BCUT2D eigenvalue weighted by molar-refractivity contribution is 5.46. The Labute approximate surface area is 126 Å². The lowest BCUT2D eigenvalue weighted by Crippen LogP contribution is -2.30. The summed E-state index contributed by atoms with van der Waals surface area (Å²) in [5.74, 6) is 0.702. The van der Waals surface area contributed by atoms with E-state index in [4.69, 9.17) is 4.74 Å². The van der Waals surface area contributed by atoms with Gasteiger partial charge in [0.15, 0.2) is 0 Å². The van der Waals surface area contributed by atoms with Crippen LogP contribution in [0.5, 0.6) is 0 Å². The fourth-order valence-electron chi connectivity index (χ4n) is 2.94. The molecular weight excluding hydrogens is 262 g/mol. The van der Waals surface area contributed by atoms with Gasteiger partial charge in [-0.1, -0.05) is 12.1 Å². The van der Waals surface area contributed by atoms with Crippen molar-refractivity contribution in [3.63, 3.8) is 0 Å². The second-order valence-corrected chi connectivity index (χ2v) is 5.79. The van der Waals surface area contributed by atoms with Gasteiger partial charge in [-0.3, -0.25) is 4.68 Å². The number of benzene rings is 1. The van der Waals surface area contributed by atoms with Gasteiger partial charge in [-0.2, -0.15) is 5.10 Å². The van der Waals surface area contributed by atoms with Gasteiger partial charge in [0.05, 0.1) is 6.54 Å². The molecule has 1 fully saturated rings. The number of hydrogen-bond donors (Lipinski definition) is 1. The lowest BCUT2D eigenvalue weighted by atomic mass is 9.93. The number of ether oxygens (including phenoxy) is 1. The SMILES string of the molecule is C[C@H](Nc1cccc(Cn2cccn2)c1)C1CCOCC1. The minimum absolute atomic E-state index is 0.480. The Bertz CT molecular complexity index is 547. The molecule has 1 aliphatic heterocycles. The number of aromatic nitrogens is 2. The van der Waals surface area contributed by atoms with E-state index in [2.05, 4.69) is 41.6 Å². The van der Waals surface area contributed by atoms with Gasteiger partial charge in [0.25, 0.3) is 0 Å². The Morgan fingerprint density at radius 2 is 2.19 bits per heavy atom. The fraction of sp³-hybridized carbons (Fsp3) is 0.471. The highest BCUT2D eigenvalue weighted by Gasteiger charge is 2.20. The molecule has 2 aromatic rings. The smallest absolute Gasteiger partial charge is 0.0660 e. The summed E-state index contributed by atoms with van der Waals surface area (Å²) in [7, 11) is 0. The molecular formula is C17H23N3O. The summed E-state index contributed by atoms with van der Waals surface area (Å²) in [6.07, 6.45) is 6.11. The van der Waals surface area contributed by atoms with Crippen LogP contribution in [0.4, 0.5) is 5.69 Å². The zero-order chi connectivity index (χ0) is 14.5. The number of rotatable bonds is 5. The van der Waals surface area contributed by atoms with E-state index in [1.54, 1.807) is 0 Å². The van der Waals surface area contributed by atoms with Crippen molar-refractivity contribution in [3.05, 3.63) is 48.3 Å². The van der Waals surface area contributed by atoms with Gasteiger partial charge in [-0.05, 0) is 49.4 Å². The normalized spacial score (nSPS) is 17.6. The Balaban J connectivity index is 1.62. The fourth-order valence-corrected chi connectivity index (χ4v) is 2.94. The van der Waals surface area contributed by atoms with Crippen LogP contribution in [-0.4, -0.2) is 29.0 Å². The first-order valence-corrected chi connectivity index (χ1v) is 7.72. The quantitative estimate of drug-likeness (QED) is 0.917. The van der Waals surface area contributed by atoms with Crippen LogP contribution in [0.1, 0.15) is 25.3 Å². The van der Waals surface area contributed by atoms with Gasteiger partial charge in [0, 0.05) is 37.3 Å². The average molecular weight is 285 g/mol. The Kier molecular flexibility index (Phi) is 4.55. The van der Waals surface area contributed by atoms with Crippen LogP contribution in [0.15, 0.2) is 42.7 Å². The van der Waals surface area contributed by atoms with Crippen molar-refractivity contribution in [1.82, 2.24) is 9.78 Å². The first-order valence-electron chi connectivity index (χ1n) is 7.72. The molecule has 0 saturated carbocycles. The van der Waals surface area contributed by atoms with Crippen LogP contribution in [-0.2, 0) is 11.3 Å². The van der Waals surface area contributed by atoms with Crippen LogP contribution < -0.4 is 5.32 Å². The second-order valence-electron chi connectivity index (χ2n) is 5.79. The van der Waals surface area contributed by atoms with Crippen LogP contribution in [0.25, 0.3) is 0 Å². The lowest BCUT2D eigenvalue weighted by Gasteiger charge is -2.29. The molecule has 1 atom stereocenters. The number of hydrogen-bond acceptors (Lipinski definition) is 3. The maximum atomic E-state index is 5.44. The summed E-state index contributed by atoms with van der Waals surface area (Å²) in [5, 5.41) is 7.90. The number of nitrogens with one attached hydrogen (secondary N) is 1. The van der Waals surface area contributed by atoms with Crippen molar-refractivity contribution in [3.8, 4) is 0 Å². The second kappa shape index (κ2) is 6.76. The van der Waals surface area contributed by atoms with E-state index in [0.717, 1.165) is 32.6 Å². The first kappa shape index (κ1) is 14.1. The third kappa shape index (κ3) is 3.85. The van der Waals surface area contributed by atoms with Crippen LogP contribution >= 0.6 is 0 Å². The predicted octanol–water partition coefficient (Wildman–Crippen LogP) is 3.16. The van der Waals surface area contributed by atoms with Crippen molar-refractivity contribution in [1.29, 1.82) is 0 Å². The van der Waals surface area contributed by atoms with E-state index < -0.39 is 0 Å². The van der Waals surface area contributed by atoms with Crippen LogP contribution in [0, 0.1) is 5.92 Å². The molecule has 1 aromatic carbocycles. The molecule has 1 aromatic heterocycles. The Morgan fingerprint density at radius 3 is 2.95 bits per heavy atom. The molecule has 21 heavy (non-hydrogen) atoms. The summed E-state index contributed by atoms with van der Waals surface area (Å²) in [4.78, 5) is 0. The maximum absolute atomic E-state index is 5.44. The van der Waals surface area contributed by atoms with Gasteiger partial charge in [-0.15, -0.1) is 0 Å². The summed E-state index contributed by atoms with van der Waals surface area (Å²) < 4.78 is 7.39. The third-order valence-electron chi connectivity index (χ3n) is 4.20. The number of anilines is 1. The monoisotopic (exact) mass is 285 g/mol. The van der Waals surface area contributed by atoms with Crippen molar-refractivity contribution >= 4 is 5.69 Å². The van der Waals surface area contributed by atoms with Crippen molar-refractivity contribution in [2.45, 2.75) is 32.4 Å². The Morgan fingerprint density at radius 1 is 1.33 bits per heavy atom. The summed E-state index contributed by atoms with van der Waals surface area (Å²) in [5.41, 5.74) is 2.46. The van der Waals surface area contributed by atoms with Crippen LogP contribution in [0.3, 0.4) is 0 Å². The molecule has 0 aliphatic carbocycles. The molecule has 0 radical (unpaired) electrons. The molecule has 1 N–H and O–H groups in total. The molecule has 0 bridgehead atoms. The third-order valence-corrected chi connectivity index (χ3v) is 4.20. The summed E-state index contributed by atoms with van der Waals surface area (Å²) in [6, 6.07) is 11.0. The first-order chi connectivity index (χ1) is 10.3. The molecule has 112 valence electrons. The average Bonchev–Trinajstić information content (AvgIpc) is 3.01. The maximum Gasteiger partial charge on any atom is 0.0660 e. The summed E-state index contributed by atoms with van der Waals surface area (Å²) >= 11 is 0. The molecule has 4 heteroatoms. The Hall–Kier alpha value is -1.81.